The van der Waals surface area contributed by atoms with E-state index in [2.05, 4.69) is 5.92 Å². The van der Waals surface area contributed by atoms with Gasteiger partial charge >= 0.3 is 0 Å². The molecular formula is C9H14O2. The minimum Gasteiger partial charge on any atom is -0.381 e. The second-order valence-corrected chi connectivity index (χ2v) is 2.64. The summed E-state index contributed by atoms with van der Waals surface area (Å²) >= 11 is 0. The molecule has 0 radical (unpaired) electrons. The third-order valence-electron chi connectivity index (χ3n) is 1.77. The summed E-state index contributed by atoms with van der Waals surface area (Å²) < 4.78 is 10.7. The molecule has 1 heterocycles. The molecule has 0 amide bonds. The highest BCUT2D eigenvalue weighted by molar-refractivity contribution is 4.83. The first-order valence-electron chi connectivity index (χ1n) is 4.06. The van der Waals surface area contributed by atoms with Gasteiger partial charge in [0, 0.05) is 19.6 Å². The molecule has 0 N–H and O–H groups in total. The molecule has 0 aromatic carbocycles. The van der Waals surface area contributed by atoms with Gasteiger partial charge < -0.3 is 9.47 Å². The zero-order valence-corrected chi connectivity index (χ0v) is 6.71. The van der Waals surface area contributed by atoms with Gasteiger partial charge in [0.15, 0.2) is 0 Å². The van der Waals surface area contributed by atoms with Gasteiger partial charge in [-0.1, -0.05) is 0 Å². The number of hydrogen-bond acceptors (Lipinski definition) is 2. The minimum atomic E-state index is 0.386. The molecule has 1 aliphatic heterocycles. The summed E-state index contributed by atoms with van der Waals surface area (Å²) in [6.45, 7) is 2.36. The first kappa shape index (κ1) is 8.58. The van der Waals surface area contributed by atoms with Crippen LogP contribution >= 0.6 is 0 Å². The molecule has 2 nitrogen and oxygen atoms in total. The van der Waals surface area contributed by atoms with Crippen LogP contribution in [0.2, 0.25) is 0 Å². The molecule has 0 aromatic rings. The third-order valence-corrected chi connectivity index (χ3v) is 1.77. The van der Waals surface area contributed by atoms with Gasteiger partial charge in [-0.2, -0.15) is 0 Å². The Labute approximate surface area is 67.9 Å². The predicted octanol–water partition coefficient (Wildman–Crippen LogP) is 1.21. The zero-order chi connectivity index (χ0) is 7.94. The van der Waals surface area contributed by atoms with Crippen molar-refractivity contribution >= 4 is 0 Å². The summed E-state index contributed by atoms with van der Waals surface area (Å²) in [5.41, 5.74) is 0. The molecule has 62 valence electrons. The lowest BCUT2D eigenvalue weighted by atomic mass is 10.1. The summed E-state index contributed by atoms with van der Waals surface area (Å²) in [5, 5.41) is 0. The van der Waals surface area contributed by atoms with Crippen LogP contribution in [0.4, 0.5) is 0 Å². The normalized spacial score (nSPS) is 19.5. The fourth-order valence-electron chi connectivity index (χ4n) is 1.13. The van der Waals surface area contributed by atoms with Crippen molar-refractivity contribution in [3.8, 4) is 12.3 Å². The van der Waals surface area contributed by atoms with Crippen molar-refractivity contribution in [3.63, 3.8) is 0 Å². The summed E-state index contributed by atoms with van der Waals surface area (Å²) in [7, 11) is 0. The smallest absolute Gasteiger partial charge is 0.0619 e. The van der Waals surface area contributed by atoms with Crippen molar-refractivity contribution in [1.82, 2.24) is 0 Å². The lowest BCUT2D eigenvalue weighted by Crippen LogP contribution is -2.23. The Kier molecular flexibility index (Phi) is 4.03. The van der Waals surface area contributed by atoms with Crippen LogP contribution in [-0.4, -0.2) is 25.9 Å². The zero-order valence-electron chi connectivity index (χ0n) is 6.71. The molecule has 1 fully saturated rings. The van der Waals surface area contributed by atoms with Crippen molar-refractivity contribution in [3.05, 3.63) is 0 Å². The Balaban J connectivity index is 2.01. The molecule has 0 saturated carbocycles. The van der Waals surface area contributed by atoms with Gasteiger partial charge in [0.1, 0.15) is 0 Å². The van der Waals surface area contributed by atoms with E-state index in [9.17, 15) is 0 Å². The van der Waals surface area contributed by atoms with E-state index < -0.39 is 0 Å². The first-order valence-corrected chi connectivity index (χ1v) is 4.06. The summed E-state index contributed by atoms with van der Waals surface area (Å²) in [5.74, 6) is 2.55. The maximum absolute atomic E-state index is 5.50. The number of ether oxygens (including phenoxy) is 2. The van der Waals surface area contributed by atoms with Gasteiger partial charge in [0.05, 0.1) is 12.7 Å². The highest BCUT2D eigenvalue weighted by Crippen LogP contribution is 2.10. The fraction of sp³-hybridized carbons (Fsp3) is 0.778. The van der Waals surface area contributed by atoms with E-state index in [1.807, 2.05) is 0 Å². The Morgan fingerprint density at radius 3 is 2.82 bits per heavy atom. The maximum atomic E-state index is 5.50. The van der Waals surface area contributed by atoms with Crippen LogP contribution in [0.5, 0.6) is 0 Å². The molecule has 0 unspecified atom stereocenters. The van der Waals surface area contributed by atoms with E-state index in [0.29, 0.717) is 12.7 Å². The largest absolute Gasteiger partial charge is 0.381 e. The van der Waals surface area contributed by atoms with E-state index in [0.717, 1.165) is 32.5 Å². The van der Waals surface area contributed by atoms with E-state index in [1.54, 1.807) is 0 Å². The van der Waals surface area contributed by atoms with Gasteiger partial charge in [0.2, 0.25) is 0 Å². The average molecular weight is 154 g/mol. The molecule has 0 atom stereocenters. The maximum Gasteiger partial charge on any atom is 0.0619 e. The van der Waals surface area contributed by atoms with Gasteiger partial charge in [-0.05, 0) is 12.8 Å². The molecule has 1 rings (SSSR count). The Morgan fingerprint density at radius 2 is 2.18 bits per heavy atom. The van der Waals surface area contributed by atoms with E-state index in [1.165, 1.54) is 0 Å². The molecule has 2 heteroatoms. The lowest BCUT2D eigenvalue weighted by Gasteiger charge is -2.21. The predicted molar refractivity (Wildman–Crippen MR) is 43.2 cm³/mol. The standard InChI is InChI=1S/C9H14O2/c1-2-3-6-11-9-4-7-10-8-5-9/h1,9H,3-8H2. The number of hydrogen-bond donors (Lipinski definition) is 0. The van der Waals surface area contributed by atoms with Crippen LogP contribution in [-0.2, 0) is 9.47 Å². The van der Waals surface area contributed by atoms with Crippen LogP contribution in [0, 0.1) is 12.3 Å². The fourth-order valence-corrected chi connectivity index (χ4v) is 1.13. The second kappa shape index (κ2) is 5.17. The van der Waals surface area contributed by atoms with Gasteiger partial charge in [0.25, 0.3) is 0 Å². The quantitative estimate of drug-likeness (QED) is 0.449. The lowest BCUT2D eigenvalue weighted by molar-refractivity contribution is -0.0298. The van der Waals surface area contributed by atoms with Crippen LogP contribution in [0.1, 0.15) is 19.3 Å². The Bertz CT molecular complexity index is 131. The highest BCUT2D eigenvalue weighted by atomic mass is 16.5. The van der Waals surface area contributed by atoms with Crippen LogP contribution in [0.15, 0.2) is 0 Å². The Hall–Kier alpha value is -0.520. The average Bonchev–Trinajstić information content (AvgIpc) is 2.07. The van der Waals surface area contributed by atoms with Gasteiger partial charge in [-0.3, -0.25) is 0 Å². The van der Waals surface area contributed by atoms with Crippen molar-refractivity contribution in [2.24, 2.45) is 0 Å². The third kappa shape index (κ3) is 3.41. The molecule has 11 heavy (non-hydrogen) atoms. The number of rotatable bonds is 3. The Morgan fingerprint density at radius 1 is 1.45 bits per heavy atom. The van der Waals surface area contributed by atoms with Crippen LogP contribution in [0.25, 0.3) is 0 Å². The minimum absolute atomic E-state index is 0.386. The van der Waals surface area contributed by atoms with E-state index in [4.69, 9.17) is 15.9 Å². The first-order chi connectivity index (χ1) is 5.43. The molecule has 1 saturated heterocycles. The summed E-state index contributed by atoms with van der Waals surface area (Å²) in [6, 6.07) is 0. The monoisotopic (exact) mass is 154 g/mol. The molecule has 0 aliphatic carbocycles. The molecular weight excluding hydrogens is 140 g/mol. The van der Waals surface area contributed by atoms with E-state index in [-0.39, 0.29) is 0 Å². The van der Waals surface area contributed by atoms with Crippen molar-refractivity contribution < 1.29 is 9.47 Å². The summed E-state index contributed by atoms with van der Waals surface area (Å²) in [4.78, 5) is 0. The molecule has 0 aromatic heterocycles. The van der Waals surface area contributed by atoms with Gasteiger partial charge in [-0.15, -0.1) is 12.3 Å². The van der Waals surface area contributed by atoms with Gasteiger partial charge in [-0.25, -0.2) is 0 Å². The van der Waals surface area contributed by atoms with Crippen molar-refractivity contribution in [2.45, 2.75) is 25.4 Å². The SMILES string of the molecule is C#CCCOC1CCOCC1. The van der Waals surface area contributed by atoms with Crippen molar-refractivity contribution in [1.29, 1.82) is 0 Å². The van der Waals surface area contributed by atoms with E-state index >= 15 is 0 Å². The molecule has 1 aliphatic rings. The summed E-state index contributed by atoms with van der Waals surface area (Å²) in [6.07, 6.45) is 8.23. The second-order valence-electron chi connectivity index (χ2n) is 2.64. The molecule has 0 bridgehead atoms. The van der Waals surface area contributed by atoms with Crippen LogP contribution < -0.4 is 0 Å². The molecule has 0 spiro atoms. The van der Waals surface area contributed by atoms with Crippen molar-refractivity contribution in [2.75, 3.05) is 19.8 Å². The number of terminal acetylenes is 1. The highest BCUT2D eigenvalue weighted by Gasteiger charge is 2.12. The van der Waals surface area contributed by atoms with Crippen LogP contribution in [0.3, 0.4) is 0 Å². The topological polar surface area (TPSA) is 18.5 Å².